The van der Waals surface area contributed by atoms with Crippen molar-refractivity contribution >= 4 is 33.2 Å². The second-order valence-corrected chi connectivity index (χ2v) is 9.12. The lowest BCUT2D eigenvalue weighted by atomic mass is 10.0. The molecule has 0 saturated heterocycles. The summed E-state index contributed by atoms with van der Waals surface area (Å²) in [5.41, 5.74) is 0.675. The number of nitrogens with one attached hydrogen (secondary N) is 4. The molecule has 0 atom stereocenters. The van der Waals surface area contributed by atoms with Crippen molar-refractivity contribution in [3.05, 3.63) is 54.1 Å². The quantitative estimate of drug-likeness (QED) is 0.454. The molecule has 2 aromatic carbocycles. The predicted octanol–water partition coefficient (Wildman–Crippen LogP) is 2.24. The normalized spacial score (nSPS) is 11.6. The third-order valence-electron chi connectivity index (χ3n) is 4.43. The summed E-state index contributed by atoms with van der Waals surface area (Å²) in [4.78, 5) is 23.7. The van der Waals surface area contributed by atoms with Gasteiger partial charge in [-0.25, -0.2) is 8.42 Å². The number of hydrogen-bond acceptors (Lipinski definition) is 5. The lowest BCUT2D eigenvalue weighted by Crippen LogP contribution is -2.51. The molecule has 0 aliphatic rings. The van der Waals surface area contributed by atoms with E-state index in [1.807, 2.05) is 0 Å². The largest absolute Gasteiger partial charge is 0.355 e. The van der Waals surface area contributed by atoms with Crippen molar-refractivity contribution in [3.63, 3.8) is 0 Å². The molecule has 30 heavy (non-hydrogen) atoms. The number of amides is 2. The molecule has 2 rings (SSSR count). The monoisotopic (exact) mass is 432 g/mol. The Bertz CT molecular complexity index is 1000. The molecule has 0 spiro atoms. The van der Waals surface area contributed by atoms with Crippen LogP contribution in [0.1, 0.15) is 26.3 Å². The first kappa shape index (κ1) is 23.4. The van der Waals surface area contributed by atoms with Crippen molar-refractivity contribution < 1.29 is 18.0 Å². The maximum absolute atomic E-state index is 12.7. The second kappa shape index (κ2) is 9.73. The third kappa shape index (κ3) is 6.57. The third-order valence-corrected chi connectivity index (χ3v) is 5.81. The van der Waals surface area contributed by atoms with Crippen LogP contribution >= 0.6 is 0 Å². The van der Waals surface area contributed by atoms with E-state index in [0.717, 1.165) is 5.56 Å². The molecule has 0 fully saturated rings. The Morgan fingerprint density at radius 1 is 1.00 bits per heavy atom. The highest BCUT2D eigenvalue weighted by molar-refractivity contribution is 7.92. The molecular weight excluding hydrogens is 404 g/mol. The number of carbonyl (C=O) groups excluding carboxylic acids is 2. The van der Waals surface area contributed by atoms with Crippen LogP contribution in [0.25, 0.3) is 0 Å². The summed E-state index contributed by atoms with van der Waals surface area (Å²) in [6.07, 6.45) is 0. The van der Waals surface area contributed by atoms with Crippen LogP contribution in [0.4, 0.5) is 11.4 Å². The molecule has 0 heterocycles. The van der Waals surface area contributed by atoms with Crippen molar-refractivity contribution in [1.29, 1.82) is 0 Å². The van der Waals surface area contributed by atoms with Crippen LogP contribution in [-0.2, 0) is 19.6 Å². The standard InChI is InChI=1S/C21H28N4O4S/c1-15-10-11-17(24-20(27)21(3,4)23-13-12-22-16(2)26)14-19(15)25-30(28,29)18-8-6-5-7-9-18/h5-11,14,23,25H,12-13H2,1-4H3,(H,22,26)(H,24,27). The van der Waals surface area contributed by atoms with Gasteiger partial charge < -0.3 is 16.0 Å². The zero-order valence-electron chi connectivity index (χ0n) is 17.6. The Morgan fingerprint density at radius 2 is 1.67 bits per heavy atom. The summed E-state index contributed by atoms with van der Waals surface area (Å²) < 4.78 is 27.8. The fourth-order valence-corrected chi connectivity index (χ4v) is 3.74. The maximum Gasteiger partial charge on any atom is 0.261 e. The van der Waals surface area contributed by atoms with Crippen LogP contribution < -0.4 is 20.7 Å². The molecule has 162 valence electrons. The van der Waals surface area contributed by atoms with Crippen molar-refractivity contribution in [2.24, 2.45) is 0 Å². The summed E-state index contributed by atoms with van der Waals surface area (Å²) in [7, 11) is -3.74. The fraction of sp³-hybridized carbons (Fsp3) is 0.333. The Balaban J connectivity index is 2.09. The minimum atomic E-state index is -3.74. The van der Waals surface area contributed by atoms with E-state index < -0.39 is 15.6 Å². The van der Waals surface area contributed by atoms with Gasteiger partial charge in [0, 0.05) is 25.7 Å². The fourth-order valence-electron chi connectivity index (χ4n) is 2.59. The summed E-state index contributed by atoms with van der Waals surface area (Å²) in [5.74, 6) is -0.421. The van der Waals surface area contributed by atoms with Gasteiger partial charge >= 0.3 is 0 Å². The van der Waals surface area contributed by atoms with Crippen LogP contribution in [0.3, 0.4) is 0 Å². The van der Waals surface area contributed by atoms with Gasteiger partial charge in [-0.05, 0) is 50.6 Å². The van der Waals surface area contributed by atoms with Crippen LogP contribution in [-0.4, -0.2) is 38.9 Å². The van der Waals surface area contributed by atoms with E-state index in [1.165, 1.54) is 19.1 Å². The van der Waals surface area contributed by atoms with Crippen molar-refractivity contribution in [2.75, 3.05) is 23.1 Å². The molecule has 0 aliphatic heterocycles. The van der Waals surface area contributed by atoms with Gasteiger partial charge in [0.25, 0.3) is 10.0 Å². The lowest BCUT2D eigenvalue weighted by Gasteiger charge is -2.25. The molecule has 2 amide bonds. The Labute approximate surface area is 177 Å². The molecule has 0 saturated carbocycles. The van der Waals surface area contributed by atoms with Gasteiger partial charge in [0.2, 0.25) is 11.8 Å². The molecule has 0 bridgehead atoms. The van der Waals surface area contributed by atoms with Gasteiger partial charge in [0.1, 0.15) is 0 Å². The zero-order chi connectivity index (χ0) is 22.4. The lowest BCUT2D eigenvalue weighted by molar-refractivity contribution is -0.121. The van der Waals surface area contributed by atoms with Gasteiger partial charge in [-0.2, -0.15) is 0 Å². The minimum absolute atomic E-state index is 0.135. The molecule has 0 unspecified atom stereocenters. The molecule has 4 N–H and O–H groups in total. The average Bonchev–Trinajstić information content (AvgIpc) is 2.68. The summed E-state index contributed by atoms with van der Waals surface area (Å²) in [6, 6.07) is 13.1. The molecule has 0 aromatic heterocycles. The predicted molar refractivity (Wildman–Crippen MR) is 118 cm³/mol. The van der Waals surface area contributed by atoms with Crippen LogP contribution in [0.5, 0.6) is 0 Å². The smallest absolute Gasteiger partial charge is 0.261 e. The first-order valence-corrected chi connectivity index (χ1v) is 11.0. The molecule has 2 aromatic rings. The number of aryl methyl sites for hydroxylation is 1. The Hall–Kier alpha value is -2.91. The number of carbonyl (C=O) groups is 2. The van der Waals surface area contributed by atoms with E-state index >= 15 is 0 Å². The average molecular weight is 433 g/mol. The molecular formula is C21H28N4O4S. The van der Waals surface area contributed by atoms with E-state index in [0.29, 0.717) is 24.5 Å². The topological polar surface area (TPSA) is 116 Å². The van der Waals surface area contributed by atoms with E-state index in [-0.39, 0.29) is 16.7 Å². The Kier molecular flexibility index (Phi) is 7.58. The van der Waals surface area contributed by atoms with Crippen molar-refractivity contribution in [1.82, 2.24) is 10.6 Å². The van der Waals surface area contributed by atoms with E-state index in [9.17, 15) is 18.0 Å². The van der Waals surface area contributed by atoms with Gasteiger partial charge in [0.15, 0.2) is 0 Å². The van der Waals surface area contributed by atoms with Gasteiger partial charge in [-0.1, -0.05) is 24.3 Å². The molecule has 8 nitrogen and oxygen atoms in total. The van der Waals surface area contributed by atoms with Crippen LogP contribution in [0.15, 0.2) is 53.4 Å². The van der Waals surface area contributed by atoms with Crippen LogP contribution in [0.2, 0.25) is 0 Å². The highest BCUT2D eigenvalue weighted by Crippen LogP contribution is 2.24. The molecule has 9 heteroatoms. The van der Waals surface area contributed by atoms with E-state index in [1.54, 1.807) is 57.2 Å². The number of anilines is 2. The first-order chi connectivity index (χ1) is 14.0. The van der Waals surface area contributed by atoms with Gasteiger partial charge in [-0.15, -0.1) is 0 Å². The second-order valence-electron chi connectivity index (χ2n) is 7.44. The minimum Gasteiger partial charge on any atom is -0.355 e. The van der Waals surface area contributed by atoms with E-state index in [4.69, 9.17) is 0 Å². The van der Waals surface area contributed by atoms with Crippen LogP contribution in [0, 0.1) is 6.92 Å². The summed E-state index contributed by atoms with van der Waals surface area (Å²) in [6.45, 7) is 7.49. The van der Waals surface area contributed by atoms with Crippen molar-refractivity contribution in [2.45, 2.75) is 38.1 Å². The van der Waals surface area contributed by atoms with E-state index in [2.05, 4.69) is 20.7 Å². The highest BCUT2D eigenvalue weighted by atomic mass is 32.2. The maximum atomic E-state index is 12.7. The summed E-state index contributed by atoms with van der Waals surface area (Å²) >= 11 is 0. The Morgan fingerprint density at radius 3 is 2.30 bits per heavy atom. The molecule has 0 radical (unpaired) electrons. The SMILES string of the molecule is CC(=O)NCCNC(C)(C)C(=O)Nc1ccc(C)c(NS(=O)(=O)c2ccccc2)c1. The highest BCUT2D eigenvalue weighted by Gasteiger charge is 2.27. The van der Waals surface area contributed by atoms with Gasteiger partial charge in [-0.3, -0.25) is 14.3 Å². The number of hydrogen-bond donors (Lipinski definition) is 4. The summed E-state index contributed by atoms with van der Waals surface area (Å²) in [5, 5.41) is 8.54. The van der Waals surface area contributed by atoms with Gasteiger partial charge in [0.05, 0.1) is 16.1 Å². The molecule has 0 aliphatic carbocycles. The van der Waals surface area contributed by atoms with Crippen molar-refractivity contribution in [3.8, 4) is 0 Å². The number of sulfonamides is 1. The number of rotatable bonds is 9. The first-order valence-electron chi connectivity index (χ1n) is 9.51. The number of benzene rings is 2. The zero-order valence-corrected chi connectivity index (χ0v) is 18.4.